The lowest BCUT2D eigenvalue weighted by molar-refractivity contribution is -0.134. The van der Waals surface area contributed by atoms with Gasteiger partial charge in [-0.1, -0.05) is 6.07 Å². The van der Waals surface area contributed by atoms with E-state index >= 15 is 0 Å². The molecule has 1 atom stereocenters. The second-order valence-corrected chi connectivity index (χ2v) is 5.61. The summed E-state index contributed by atoms with van der Waals surface area (Å²) in [5.41, 5.74) is 0.937. The van der Waals surface area contributed by atoms with Gasteiger partial charge in [-0.3, -0.25) is 9.78 Å². The molecule has 2 heterocycles. The van der Waals surface area contributed by atoms with Gasteiger partial charge in [0.1, 0.15) is 0 Å². The van der Waals surface area contributed by atoms with Crippen LogP contribution in [0.1, 0.15) is 45.2 Å². The number of rotatable bonds is 6. The fraction of sp³-hybridized carbons (Fsp3) is 0.625. The maximum Gasteiger partial charge on any atom is 0.223 e. The lowest BCUT2D eigenvalue weighted by Gasteiger charge is -2.27. The molecular weight excluding hydrogens is 252 g/mol. The minimum Gasteiger partial charge on any atom is -0.378 e. The van der Waals surface area contributed by atoms with Crippen LogP contribution in [-0.2, 0) is 16.1 Å². The Kier molecular flexibility index (Phi) is 5.53. The first-order valence-corrected chi connectivity index (χ1v) is 7.48. The third kappa shape index (κ3) is 4.30. The Morgan fingerprint density at radius 1 is 1.50 bits per heavy atom. The summed E-state index contributed by atoms with van der Waals surface area (Å²) in [6.45, 7) is 5.53. The van der Waals surface area contributed by atoms with Crippen molar-refractivity contribution < 1.29 is 9.53 Å². The molecule has 1 aromatic heterocycles. The second kappa shape index (κ2) is 7.39. The van der Waals surface area contributed by atoms with Crippen LogP contribution in [0.4, 0.5) is 0 Å². The lowest BCUT2D eigenvalue weighted by Crippen LogP contribution is -2.36. The first kappa shape index (κ1) is 15.0. The van der Waals surface area contributed by atoms with E-state index in [1.807, 2.05) is 36.9 Å². The molecule has 0 saturated carbocycles. The quantitative estimate of drug-likeness (QED) is 0.802. The van der Waals surface area contributed by atoms with Gasteiger partial charge in [-0.15, -0.1) is 0 Å². The highest BCUT2D eigenvalue weighted by molar-refractivity contribution is 5.76. The molecule has 2 rings (SSSR count). The summed E-state index contributed by atoms with van der Waals surface area (Å²) < 4.78 is 5.58. The zero-order valence-electron chi connectivity index (χ0n) is 12.4. The largest absolute Gasteiger partial charge is 0.378 e. The predicted molar refractivity (Wildman–Crippen MR) is 78.1 cm³/mol. The summed E-state index contributed by atoms with van der Waals surface area (Å²) >= 11 is 0. The summed E-state index contributed by atoms with van der Waals surface area (Å²) in [5, 5.41) is 0. The summed E-state index contributed by atoms with van der Waals surface area (Å²) in [6, 6.07) is 6.00. The molecule has 0 radical (unpaired) electrons. The third-order valence-corrected chi connectivity index (χ3v) is 3.71. The molecule has 110 valence electrons. The molecule has 1 aliphatic rings. The Morgan fingerprint density at radius 2 is 2.35 bits per heavy atom. The number of carbonyl (C=O) groups excluding carboxylic acids is 1. The first-order chi connectivity index (χ1) is 9.66. The van der Waals surface area contributed by atoms with E-state index in [-0.39, 0.29) is 18.1 Å². The predicted octanol–water partition coefficient (Wildman–Crippen LogP) is 2.78. The summed E-state index contributed by atoms with van der Waals surface area (Å²) in [5.74, 6) is 0.196. The van der Waals surface area contributed by atoms with Crippen molar-refractivity contribution in [2.75, 3.05) is 6.61 Å². The molecule has 0 aromatic carbocycles. The van der Waals surface area contributed by atoms with Crippen LogP contribution in [-0.4, -0.2) is 34.5 Å². The van der Waals surface area contributed by atoms with E-state index in [0.717, 1.165) is 31.6 Å². The van der Waals surface area contributed by atoms with Crippen LogP contribution in [0.2, 0.25) is 0 Å². The van der Waals surface area contributed by atoms with Crippen LogP contribution >= 0.6 is 0 Å². The highest BCUT2D eigenvalue weighted by atomic mass is 16.5. The summed E-state index contributed by atoms with van der Waals surface area (Å²) in [4.78, 5) is 18.6. The molecule has 4 nitrogen and oxygen atoms in total. The van der Waals surface area contributed by atoms with Crippen molar-refractivity contribution in [3.8, 4) is 0 Å². The molecule has 1 fully saturated rings. The van der Waals surface area contributed by atoms with Gasteiger partial charge >= 0.3 is 0 Å². The van der Waals surface area contributed by atoms with Gasteiger partial charge in [0.2, 0.25) is 5.91 Å². The highest BCUT2D eigenvalue weighted by Gasteiger charge is 2.21. The van der Waals surface area contributed by atoms with Crippen molar-refractivity contribution in [1.82, 2.24) is 9.88 Å². The van der Waals surface area contributed by atoms with Gasteiger partial charge < -0.3 is 9.64 Å². The van der Waals surface area contributed by atoms with E-state index in [1.165, 1.54) is 0 Å². The molecule has 0 bridgehead atoms. The van der Waals surface area contributed by atoms with E-state index in [0.29, 0.717) is 13.0 Å². The molecule has 1 unspecified atom stereocenters. The Labute approximate surface area is 121 Å². The van der Waals surface area contributed by atoms with Gasteiger partial charge in [-0.2, -0.15) is 0 Å². The molecule has 1 saturated heterocycles. The number of amides is 1. The average Bonchev–Trinajstić information content (AvgIpc) is 2.96. The molecule has 1 aliphatic heterocycles. The number of pyridine rings is 1. The number of hydrogen-bond donors (Lipinski definition) is 0. The van der Waals surface area contributed by atoms with Crippen LogP contribution in [0.25, 0.3) is 0 Å². The normalized spacial score (nSPS) is 18.4. The van der Waals surface area contributed by atoms with Crippen LogP contribution in [0.5, 0.6) is 0 Å². The summed E-state index contributed by atoms with van der Waals surface area (Å²) in [7, 11) is 0. The number of aromatic nitrogens is 1. The van der Waals surface area contributed by atoms with E-state index in [9.17, 15) is 4.79 Å². The van der Waals surface area contributed by atoms with Crippen molar-refractivity contribution >= 4 is 5.91 Å². The van der Waals surface area contributed by atoms with Crippen LogP contribution in [0.15, 0.2) is 24.4 Å². The molecule has 0 N–H and O–H groups in total. The van der Waals surface area contributed by atoms with E-state index in [2.05, 4.69) is 4.98 Å². The second-order valence-electron chi connectivity index (χ2n) is 5.61. The first-order valence-electron chi connectivity index (χ1n) is 7.48. The summed E-state index contributed by atoms with van der Waals surface area (Å²) in [6.07, 6.45) is 5.67. The fourth-order valence-corrected chi connectivity index (χ4v) is 2.52. The zero-order chi connectivity index (χ0) is 14.4. The topological polar surface area (TPSA) is 42.4 Å². The van der Waals surface area contributed by atoms with Gasteiger partial charge in [-0.05, 0) is 45.2 Å². The van der Waals surface area contributed by atoms with Gasteiger partial charge in [0, 0.05) is 25.3 Å². The Balaban J connectivity index is 1.88. The van der Waals surface area contributed by atoms with Gasteiger partial charge in [-0.25, -0.2) is 0 Å². The van der Waals surface area contributed by atoms with E-state index < -0.39 is 0 Å². The molecular formula is C16H24N2O2. The molecule has 20 heavy (non-hydrogen) atoms. The third-order valence-electron chi connectivity index (χ3n) is 3.71. The lowest BCUT2D eigenvalue weighted by atomic mass is 10.1. The van der Waals surface area contributed by atoms with E-state index in [4.69, 9.17) is 4.74 Å². The van der Waals surface area contributed by atoms with Crippen molar-refractivity contribution in [1.29, 1.82) is 0 Å². The smallest absolute Gasteiger partial charge is 0.223 e. The number of hydrogen-bond acceptors (Lipinski definition) is 3. The van der Waals surface area contributed by atoms with Crippen molar-refractivity contribution in [3.05, 3.63) is 30.1 Å². The Bertz CT molecular complexity index is 414. The van der Waals surface area contributed by atoms with Crippen molar-refractivity contribution in [2.45, 2.75) is 58.2 Å². The molecule has 0 spiro atoms. The zero-order valence-corrected chi connectivity index (χ0v) is 12.4. The van der Waals surface area contributed by atoms with E-state index in [1.54, 1.807) is 6.20 Å². The number of nitrogens with zero attached hydrogens (tertiary/aromatic N) is 2. The standard InChI is InChI=1S/C16H24N2O2/c1-13(2)18(12-14-6-3-4-10-17-14)16(19)9-8-15-7-5-11-20-15/h3-4,6,10,13,15H,5,7-9,11-12H2,1-2H3. The van der Waals surface area contributed by atoms with Crippen molar-refractivity contribution in [2.24, 2.45) is 0 Å². The molecule has 1 amide bonds. The van der Waals surface area contributed by atoms with Crippen molar-refractivity contribution in [3.63, 3.8) is 0 Å². The fourth-order valence-electron chi connectivity index (χ4n) is 2.52. The minimum absolute atomic E-state index is 0.189. The number of ether oxygens (including phenoxy) is 1. The van der Waals surface area contributed by atoms with Gasteiger partial charge in [0.15, 0.2) is 0 Å². The van der Waals surface area contributed by atoms with Crippen LogP contribution < -0.4 is 0 Å². The van der Waals surface area contributed by atoms with Gasteiger partial charge in [0.25, 0.3) is 0 Å². The molecule has 0 aliphatic carbocycles. The molecule has 1 aromatic rings. The van der Waals surface area contributed by atoms with Crippen LogP contribution in [0, 0.1) is 0 Å². The van der Waals surface area contributed by atoms with Crippen LogP contribution in [0.3, 0.4) is 0 Å². The maximum atomic E-state index is 12.4. The average molecular weight is 276 g/mol. The Morgan fingerprint density at radius 3 is 2.95 bits per heavy atom. The minimum atomic E-state index is 0.189. The van der Waals surface area contributed by atoms with Gasteiger partial charge in [0.05, 0.1) is 18.3 Å². The molecule has 4 heteroatoms. The maximum absolute atomic E-state index is 12.4. The monoisotopic (exact) mass is 276 g/mol. The SMILES string of the molecule is CC(C)N(Cc1ccccn1)C(=O)CCC1CCCO1. The number of carbonyl (C=O) groups is 1. The Hall–Kier alpha value is -1.42. The highest BCUT2D eigenvalue weighted by Crippen LogP contribution is 2.18.